The van der Waals surface area contributed by atoms with Gasteiger partial charge in [-0.1, -0.05) is 35.9 Å². The first-order valence-corrected chi connectivity index (χ1v) is 8.99. The number of hydrogen-bond donors (Lipinski definition) is 0. The average Bonchev–Trinajstić information content (AvgIpc) is 2.91. The summed E-state index contributed by atoms with van der Waals surface area (Å²) in [7, 11) is -3.82. The normalized spacial score (nSPS) is 14.8. The van der Waals surface area contributed by atoms with Crippen LogP contribution in [0.1, 0.15) is 21.6 Å². The molecule has 0 N–H and O–H groups in total. The third-order valence-corrected chi connectivity index (χ3v) is 6.00. The zero-order chi connectivity index (χ0) is 16.9. The highest BCUT2D eigenvalue weighted by molar-refractivity contribution is 7.90. The maximum Gasteiger partial charge on any atom is 0.268 e. The first kappa shape index (κ1) is 15.1. The molecule has 24 heavy (non-hydrogen) atoms. The van der Waals surface area contributed by atoms with Crippen molar-refractivity contribution in [2.24, 2.45) is 0 Å². The number of aryl methyl sites for hydroxylation is 1. The van der Waals surface area contributed by atoms with Gasteiger partial charge in [0.2, 0.25) is 0 Å². The van der Waals surface area contributed by atoms with Crippen LogP contribution in [0.2, 0.25) is 0 Å². The minimum atomic E-state index is -3.82. The average molecular weight is 341 g/mol. The van der Waals surface area contributed by atoms with Gasteiger partial charge in [0.25, 0.3) is 10.0 Å². The second-order valence-corrected chi connectivity index (χ2v) is 7.62. The minimum Gasteiger partial charge on any atom is -0.367 e. The topological polar surface area (TPSA) is 65.4 Å². The molecule has 1 aliphatic rings. The van der Waals surface area contributed by atoms with Crippen LogP contribution in [0.5, 0.6) is 0 Å². The van der Waals surface area contributed by atoms with E-state index >= 15 is 0 Å². The fourth-order valence-corrected chi connectivity index (χ4v) is 4.65. The van der Waals surface area contributed by atoms with Crippen LogP contribution in [0.3, 0.4) is 0 Å². The molecule has 0 aliphatic carbocycles. The number of hydrogen-bond acceptors (Lipinski definition) is 4. The Morgan fingerprint density at radius 2 is 1.71 bits per heavy atom. The Morgan fingerprint density at radius 1 is 1.00 bits per heavy atom. The molecule has 0 unspecified atom stereocenters. The molecule has 0 saturated carbocycles. The lowest BCUT2D eigenvalue weighted by Crippen LogP contribution is -2.23. The molecule has 0 atom stereocenters. The first-order chi connectivity index (χ1) is 11.5. The first-order valence-electron chi connectivity index (χ1n) is 7.55. The summed E-state index contributed by atoms with van der Waals surface area (Å²) in [5, 5.41) is 0.650. The highest BCUT2D eigenvalue weighted by Crippen LogP contribution is 2.33. The number of para-hydroxylation sites is 1. The van der Waals surface area contributed by atoms with Gasteiger partial charge in [0.15, 0.2) is 5.78 Å². The molecule has 122 valence electrons. The summed E-state index contributed by atoms with van der Waals surface area (Å²) in [6.45, 7) is 1.97. The van der Waals surface area contributed by atoms with Gasteiger partial charge in [-0.3, -0.25) is 4.79 Å². The Labute approximate surface area is 139 Å². The summed E-state index contributed by atoms with van der Waals surface area (Å²) < 4.78 is 32.9. The Bertz CT molecular complexity index is 1060. The summed E-state index contributed by atoms with van der Waals surface area (Å²) >= 11 is 0. The van der Waals surface area contributed by atoms with Crippen LogP contribution in [0.4, 0.5) is 0 Å². The number of fused-ring (bicyclic) bond motifs is 3. The van der Waals surface area contributed by atoms with Crippen LogP contribution in [-0.2, 0) is 21.4 Å². The number of ketones is 1. The van der Waals surface area contributed by atoms with E-state index in [1.54, 1.807) is 48.5 Å². The Morgan fingerprint density at radius 3 is 2.46 bits per heavy atom. The second-order valence-electron chi connectivity index (χ2n) is 5.84. The van der Waals surface area contributed by atoms with Gasteiger partial charge in [-0.15, -0.1) is 0 Å². The van der Waals surface area contributed by atoms with Crippen molar-refractivity contribution in [1.29, 1.82) is 0 Å². The lowest BCUT2D eigenvalue weighted by molar-refractivity contribution is 0.0659. The van der Waals surface area contributed by atoms with Crippen molar-refractivity contribution in [3.63, 3.8) is 0 Å². The number of Topliss-reactive ketones (excluding diaryl/α,β-unsaturated/α-hetero) is 1. The van der Waals surface area contributed by atoms with E-state index < -0.39 is 10.0 Å². The fourth-order valence-electron chi connectivity index (χ4n) is 3.11. The lowest BCUT2D eigenvalue weighted by atomic mass is 10.1. The molecule has 0 spiro atoms. The van der Waals surface area contributed by atoms with Crippen LogP contribution in [0.15, 0.2) is 53.4 Å². The van der Waals surface area contributed by atoms with E-state index in [-0.39, 0.29) is 23.9 Å². The maximum absolute atomic E-state index is 13.2. The zero-order valence-electron chi connectivity index (χ0n) is 13.0. The number of carbonyl (C=O) groups is 1. The quantitative estimate of drug-likeness (QED) is 0.719. The van der Waals surface area contributed by atoms with Crippen LogP contribution in [-0.4, -0.2) is 24.8 Å². The summed E-state index contributed by atoms with van der Waals surface area (Å²) in [6.07, 6.45) is 0. The largest absolute Gasteiger partial charge is 0.367 e. The van der Waals surface area contributed by atoms with Gasteiger partial charge in [-0.2, -0.15) is 0 Å². The van der Waals surface area contributed by atoms with Gasteiger partial charge in [0.1, 0.15) is 6.61 Å². The van der Waals surface area contributed by atoms with E-state index in [0.29, 0.717) is 22.2 Å². The highest BCUT2D eigenvalue weighted by Gasteiger charge is 2.31. The number of ether oxygens (including phenoxy) is 1. The highest BCUT2D eigenvalue weighted by atomic mass is 32.2. The van der Waals surface area contributed by atoms with Crippen molar-refractivity contribution < 1.29 is 17.9 Å². The Kier molecular flexibility index (Phi) is 3.33. The molecule has 0 radical (unpaired) electrons. The van der Waals surface area contributed by atoms with E-state index in [0.717, 1.165) is 5.56 Å². The Balaban J connectivity index is 2.07. The predicted octanol–water partition coefficient (Wildman–Crippen LogP) is 2.90. The molecule has 0 bridgehead atoms. The second kappa shape index (κ2) is 5.29. The lowest BCUT2D eigenvalue weighted by Gasteiger charge is -2.16. The summed E-state index contributed by atoms with van der Waals surface area (Å²) in [5.41, 5.74) is 2.33. The number of nitrogens with zero attached hydrogens (tertiary/aromatic N) is 1. The fraction of sp³-hybridized carbons (Fsp3) is 0.167. The van der Waals surface area contributed by atoms with Crippen molar-refractivity contribution >= 4 is 26.7 Å². The van der Waals surface area contributed by atoms with E-state index in [9.17, 15) is 13.2 Å². The number of benzene rings is 2. The number of rotatable bonds is 2. The molecule has 0 saturated heterocycles. The smallest absolute Gasteiger partial charge is 0.268 e. The van der Waals surface area contributed by atoms with Gasteiger partial charge >= 0.3 is 0 Å². The van der Waals surface area contributed by atoms with E-state index in [2.05, 4.69) is 0 Å². The maximum atomic E-state index is 13.2. The molecule has 5 nitrogen and oxygen atoms in total. The summed E-state index contributed by atoms with van der Waals surface area (Å²) in [6, 6.07) is 13.7. The molecule has 2 heterocycles. The van der Waals surface area contributed by atoms with Crippen molar-refractivity contribution in [1.82, 2.24) is 3.97 Å². The molecule has 3 aromatic rings. The van der Waals surface area contributed by atoms with Crippen molar-refractivity contribution in [2.75, 3.05) is 6.61 Å². The minimum absolute atomic E-state index is 0.0222. The van der Waals surface area contributed by atoms with Gasteiger partial charge in [0.05, 0.1) is 28.3 Å². The van der Waals surface area contributed by atoms with Crippen LogP contribution in [0.25, 0.3) is 10.9 Å². The SMILES string of the molecule is Cc1ccc(S(=O)(=O)n2c3c(c4ccccc42)C(=O)COC3)cc1. The standard InChI is InChI=1S/C18H15NO4S/c1-12-6-8-13(9-7-12)24(21,22)19-15-5-3-2-4-14(15)18-16(19)10-23-11-17(18)20/h2-9H,10-11H2,1H3. The monoisotopic (exact) mass is 341 g/mol. The predicted molar refractivity (Wildman–Crippen MR) is 89.7 cm³/mol. The molecule has 0 fully saturated rings. The summed E-state index contributed by atoms with van der Waals surface area (Å²) in [5.74, 6) is -0.190. The Hall–Kier alpha value is -2.44. The third-order valence-electron chi connectivity index (χ3n) is 4.24. The molecule has 4 rings (SSSR count). The van der Waals surface area contributed by atoms with E-state index in [4.69, 9.17) is 4.74 Å². The van der Waals surface area contributed by atoms with Gasteiger partial charge in [-0.25, -0.2) is 12.4 Å². The van der Waals surface area contributed by atoms with Gasteiger partial charge in [-0.05, 0) is 25.1 Å². The van der Waals surface area contributed by atoms with Gasteiger partial charge < -0.3 is 4.74 Å². The van der Waals surface area contributed by atoms with Gasteiger partial charge in [0, 0.05) is 5.39 Å². The third kappa shape index (κ3) is 2.11. The molecule has 1 aromatic heterocycles. The zero-order valence-corrected chi connectivity index (χ0v) is 13.8. The molecule has 6 heteroatoms. The molecular weight excluding hydrogens is 326 g/mol. The molecule has 0 amide bonds. The number of aromatic nitrogens is 1. The van der Waals surface area contributed by atoms with Crippen LogP contribution >= 0.6 is 0 Å². The van der Waals surface area contributed by atoms with Crippen molar-refractivity contribution in [2.45, 2.75) is 18.4 Å². The summed E-state index contributed by atoms with van der Waals surface area (Å²) in [4.78, 5) is 12.5. The number of carbonyl (C=O) groups excluding carboxylic acids is 1. The van der Waals surface area contributed by atoms with Crippen LogP contribution < -0.4 is 0 Å². The van der Waals surface area contributed by atoms with Crippen molar-refractivity contribution in [3.8, 4) is 0 Å². The van der Waals surface area contributed by atoms with E-state index in [1.807, 2.05) is 6.92 Å². The van der Waals surface area contributed by atoms with Crippen LogP contribution in [0, 0.1) is 6.92 Å². The molecule has 1 aliphatic heterocycles. The molecule has 2 aromatic carbocycles. The van der Waals surface area contributed by atoms with E-state index in [1.165, 1.54) is 3.97 Å². The molecular formula is C18H15NO4S. The van der Waals surface area contributed by atoms with Crippen molar-refractivity contribution in [3.05, 3.63) is 65.4 Å².